The lowest BCUT2D eigenvalue weighted by molar-refractivity contribution is 0.997. The molecule has 0 spiro atoms. The Morgan fingerprint density at radius 2 is 1.08 bits per heavy atom. The average Bonchev–Trinajstić information content (AvgIpc) is 3.53. The zero-order valence-corrected chi connectivity index (χ0v) is 28.9. The highest BCUT2D eigenvalue weighted by atomic mass is 32.2. The maximum absolute atomic E-state index is 5.44. The number of fused-ring (bicyclic) bond motifs is 9. The molecule has 10 aromatic rings. The van der Waals surface area contributed by atoms with Gasteiger partial charge in [-0.2, -0.15) is 0 Å². The van der Waals surface area contributed by atoms with Crippen LogP contribution in [0.2, 0.25) is 0 Å². The second kappa shape index (κ2) is 11.3. The Morgan fingerprint density at radius 3 is 1.90 bits per heavy atom. The van der Waals surface area contributed by atoms with Crippen molar-refractivity contribution in [2.75, 3.05) is 0 Å². The van der Waals surface area contributed by atoms with E-state index in [2.05, 4.69) is 168 Å². The lowest BCUT2D eigenvalue weighted by Crippen LogP contribution is -2.04. The van der Waals surface area contributed by atoms with Gasteiger partial charge in [0.05, 0.1) is 27.1 Å². The third-order valence-corrected chi connectivity index (χ3v) is 12.6. The third kappa shape index (κ3) is 4.55. The first kappa shape index (κ1) is 28.9. The first-order chi connectivity index (χ1) is 25.3. The number of hydrogen-bond acceptors (Lipinski definition) is 4. The molecule has 0 aliphatic carbocycles. The van der Waals surface area contributed by atoms with E-state index in [4.69, 9.17) is 9.97 Å². The molecule has 8 aromatic carbocycles. The van der Waals surface area contributed by atoms with Crippen LogP contribution in [0.25, 0.3) is 82.6 Å². The van der Waals surface area contributed by atoms with Gasteiger partial charge < -0.3 is 0 Å². The molecular weight excluding hydrogens is 659 g/mol. The maximum atomic E-state index is 5.44. The smallest absolute Gasteiger partial charge is 0.235 e. The minimum atomic E-state index is 0.677. The standard InChI is InChI=1S/C46H27N3S2/c1-2-12-32-27-42-41(26-31(32)11-1)50-40-25-24-36-35-15-6-8-19-39(35)49(44(36)45(40)51-42)46-47-38-18-7-5-16-37(38)43(48-46)30-22-20-29(21-23-30)34-17-9-13-28-10-3-4-14-33(28)34/h1-27H. The van der Waals surface area contributed by atoms with Gasteiger partial charge in [-0.25, -0.2) is 9.97 Å². The van der Waals surface area contributed by atoms with E-state index in [1.165, 1.54) is 63.0 Å². The van der Waals surface area contributed by atoms with Crippen molar-refractivity contribution in [2.24, 2.45) is 0 Å². The molecule has 0 saturated carbocycles. The molecule has 5 heteroatoms. The van der Waals surface area contributed by atoms with Crippen molar-refractivity contribution >= 4 is 77.8 Å². The number of para-hydroxylation sites is 2. The van der Waals surface area contributed by atoms with E-state index in [-0.39, 0.29) is 0 Å². The zero-order valence-electron chi connectivity index (χ0n) is 27.2. The topological polar surface area (TPSA) is 30.7 Å². The third-order valence-electron chi connectivity index (χ3n) is 10.0. The Hall–Kier alpha value is -5.88. The lowest BCUT2D eigenvalue weighted by Gasteiger charge is -2.21. The van der Waals surface area contributed by atoms with Gasteiger partial charge in [0.15, 0.2) is 0 Å². The molecule has 51 heavy (non-hydrogen) atoms. The molecule has 3 nitrogen and oxygen atoms in total. The van der Waals surface area contributed by atoms with E-state index in [1.807, 2.05) is 23.5 Å². The van der Waals surface area contributed by atoms with Crippen LogP contribution in [-0.2, 0) is 0 Å². The fourth-order valence-electron chi connectivity index (χ4n) is 7.65. The van der Waals surface area contributed by atoms with Crippen molar-refractivity contribution in [3.05, 3.63) is 164 Å². The predicted molar refractivity (Wildman–Crippen MR) is 214 cm³/mol. The number of rotatable bonds is 3. The molecular formula is C46H27N3S2. The molecule has 0 bridgehead atoms. The first-order valence-electron chi connectivity index (χ1n) is 17.1. The molecule has 1 aliphatic heterocycles. The summed E-state index contributed by atoms with van der Waals surface area (Å²) in [6.45, 7) is 0. The van der Waals surface area contributed by atoms with Crippen molar-refractivity contribution < 1.29 is 0 Å². The highest BCUT2D eigenvalue weighted by Crippen LogP contribution is 2.53. The summed E-state index contributed by atoms with van der Waals surface area (Å²) in [5, 5.41) is 8.46. The minimum Gasteiger partial charge on any atom is -0.277 e. The summed E-state index contributed by atoms with van der Waals surface area (Å²) < 4.78 is 2.30. The normalized spacial score (nSPS) is 12.5. The Labute approximate surface area is 302 Å². The van der Waals surface area contributed by atoms with Crippen LogP contribution in [0.5, 0.6) is 0 Å². The second-order valence-electron chi connectivity index (χ2n) is 13.0. The Balaban J connectivity index is 1.12. The average molecular weight is 686 g/mol. The monoisotopic (exact) mass is 685 g/mol. The number of aromatic nitrogens is 3. The fourth-order valence-corrected chi connectivity index (χ4v) is 10.1. The summed E-state index contributed by atoms with van der Waals surface area (Å²) in [6.07, 6.45) is 0. The van der Waals surface area contributed by atoms with Crippen LogP contribution in [0, 0.1) is 0 Å². The van der Waals surface area contributed by atoms with Crippen LogP contribution in [0.15, 0.2) is 183 Å². The number of hydrogen-bond donors (Lipinski definition) is 0. The van der Waals surface area contributed by atoms with Crippen molar-refractivity contribution in [1.82, 2.24) is 14.5 Å². The Bertz CT molecular complexity index is 3030. The molecule has 0 fully saturated rings. The van der Waals surface area contributed by atoms with E-state index >= 15 is 0 Å². The van der Waals surface area contributed by atoms with Gasteiger partial charge in [-0.1, -0.05) is 157 Å². The van der Waals surface area contributed by atoms with Crippen LogP contribution in [0.4, 0.5) is 0 Å². The van der Waals surface area contributed by atoms with Crippen molar-refractivity contribution in [1.29, 1.82) is 0 Å². The van der Waals surface area contributed by atoms with Gasteiger partial charge in [0, 0.05) is 36.4 Å². The van der Waals surface area contributed by atoms with E-state index < -0.39 is 0 Å². The summed E-state index contributed by atoms with van der Waals surface area (Å²) in [5.74, 6) is 0.677. The van der Waals surface area contributed by atoms with Crippen molar-refractivity contribution in [3.63, 3.8) is 0 Å². The predicted octanol–water partition coefficient (Wildman–Crippen LogP) is 13.0. The molecule has 0 saturated heterocycles. The van der Waals surface area contributed by atoms with Crippen LogP contribution in [0.1, 0.15) is 0 Å². The van der Waals surface area contributed by atoms with Crippen molar-refractivity contribution in [2.45, 2.75) is 19.6 Å². The molecule has 0 unspecified atom stereocenters. The number of benzene rings is 8. The van der Waals surface area contributed by atoms with E-state index in [0.717, 1.165) is 33.2 Å². The van der Waals surface area contributed by atoms with E-state index in [0.29, 0.717) is 5.95 Å². The van der Waals surface area contributed by atoms with Gasteiger partial charge in [0.1, 0.15) is 0 Å². The van der Waals surface area contributed by atoms with Gasteiger partial charge in [-0.05, 0) is 63.0 Å². The van der Waals surface area contributed by atoms with Gasteiger partial charge in [-0.3, -0.25) is 4.57 Å². The Morgan fingerprint density at radius 1 is 0.431 bits per heavy atom. The molecule has 0 amide bonds. The second-order valence-corrected chi connectivity index (χ2v) is 15.1. The summed E-state index contributed by atoms with van der Waals surface area (Å²) >= 11 is 3.71. The Kier molecular flexibility index (Phi) is 6.42. The summed E-state index contributed by atoms with van der Waals surface area (Å²) in [5.41, 5.74) is 7.58. The highest BCUT2D eigenvalue weighted by molar-refractivity contribution is 8.05. The van der Waals surface area contributed by atoms with Gasteiger partial charge in [0.2, 0.25) is 5.95 Å². The summed E-state index contributed by atoms with van der Waals surface area (Å²) in [6, 6.07) is 58.8. The van der Waals surface area contributed by atoms with Crippen LogP contribution in [-0.4, -0.2) is 14.5 Å². The molecule has 0 N–H and O–H groups in total. The first-order valence-corrected chi connectivity index (χ1v) is 18.7. The molecule has 11 rings (SSSR count). The SMILES string of the molecule is c1ccc2cc3c(cc2c1)Sc1ccc2c4ccccc4n(-c4nc(-c5ccc(-c6cccc7ccccc67)cc5)c5ccccc5n4)c2c1S3. The van der Waals surface area contributed by atoms with Gasteiger partial charge in [-0.15, -0.1) is 0 Å². The van der Waals surface area contributed by atoms with Crippen LogP contribution in [0.3, 0.4) is 0 Å². The molecule has 0 radical (unpaired) electrons. The van der Waals surface area contributed by atoms with Crippen molar-refractivity contribution in [3.8, 4) is 28.3 Å². The summed E-state index contributed by atoms with van der Waals surface area (Å²) in [7, 11) is 0. The molecule has 1 aliphatic rings. The van der Waals surface area contributed by atoms with Crippen LogP contribution < -0.4 is 0 Å². The largest absolute Gasteiger partial charge is 0.277 e. The highest BCUT2D eigenvalue weighted by Gasteiger charge is 2.26. The minimum absolute atomic E-state index is 0.677. The quantitative estimate of drug-likeness (QED) is 0.185. The van der Waals surface area contributed by atoms with E-state index in [1.54, 1.807) is 0 Å². The molecule has 0 atom stereocenters. The molecule has 2 aromatic heterocycles. The van der Waals surface area contributed by atoms with Gasteiger partial charge >= 0.3 is 0 Å². The summed E-state index contributed by atoms with van der Waals surface area (Å²) in [4.78, 5) is 15.8. The van der Waals surface area contributed by atoms with Crippen LogP contribution >= 0.6 is 23.5 Å². The fraction of sp³-hybridized carbons (Fsp3) is 0. The maximum Gasteiger partial charge on any atom is 0.235 e. The molecule has 3 heterocycles. The molecule has 238 valence electrons. The van der Waals surface area contributed by atoms with Gasteiger partial charge in [0.25, 0.3) is 0 Å². The zero-order chi connectivity index (χ0) is 33.5. The number of nitrogens with zero attached hydrogens (tertiary/aromatic N) is 3. The van der Waals surface area contributed by atoms with E-state index in [9.17, 15) is 0 Å². The lowest BCUT2D eigenvalue weighted by atomic mass is 9.96.